The van der Waals surface area contributed by atoms with Crippen LogP contribution >= 0.6 is 11.8 Å². The van der Waals surface area contributed by atoms with E-state index >= 15 is 0 Å². The smallest absolute Gasteiger partial charge is 0.422 e. The number of alkyl halides is 2. The first kappa shape index (κ1) is 16.6. The molecule has 1 fully saturated rings. The number of carbonyl (C=O) groups excluding carboxylic acids is 3. The molecule has 0 saturated carbocycles. The molecule has 1 aliphatic heterocycles. The van der Waals surface area contributed by atoms with Gasteiger partial charge < -0.3 is 9.84 Å². The first-order valence-electron chi connectivity index (χ1n) is 5.22. The van der Waals surface area contributed by atoms with E-state index in [1.807, 2.05) is 5.92 Å². The van der Waals surface area contributed by atoms with Crippen LogP contribution in [0.5, 0.6) is 0 Å². The molecule has 112 valence electrons. The van der Waals surface area contributed by atoms with Gasteiger partial charge in [0.15, 0.2) is 0 Å². The fraction of sp³-hybridized carbons (Fsp3) is 0.273. The fourth-order valence-electron chi connectivity index (χ4n) is 1.14. The summed E-state index contributed by atoms with van der Waals surface area (Å²) < 4.78 is 30.5. The maximum atomic E-state index is 13.2. The number of amides is 3. The number of terminal acetylenes is 1. The maximum absolute atomic E-state index is 13.2. The van der Waals surface area contributed by atoms with Gasteiger partial charge in [0.25, 0.3) is 5.91 Å². The Balaban J connectivity index is 2.76. The SMILES string of the molecule is C#CCCC(F)(F)C(=O)O/C=C1/SC(=O)N(C(=O)O)C1=O. The Kier molecular flexibility index (Phi) is 5.04. The Labute approximate surface area is 120 Å². The van der Waals surface area contributed by atoms with Crippen molar-refractivity contribution in [3.63, 3.8) is 0 Å². The van der Waals surface area contributed by atoms with E-state index in [1.165, 1.54) is 0 Å². The lowest BCUT2D eigenvalue weighted by molar-refractivity contribution is -0.166. The quantitative estimate of drug-likeness (QED) is 0.365. The molecular weight excluding hydrogens is 312 g/mol. The van der Waals surface area contributed by atoms with Crippen molar-refractivity contribution in [2.45, 2.75) is 18.8 Å². The van der Waals surface area contributed by atoms with E-state index in [2.05, 4.69) is 4.74 Å². The van der Waals surface area contributed by atoms with Crippen molar-refractivity contribution in [3.05, 3.63) is 11.2 Å². The molecule has 0 atom stereocenters. The molecule has 3 amide bonds. The molecule has 0 aromatic rings. The second-order valence-corrected chi connectivity index (χ2v) is 4.58. The van der Waals surface area contributed by atoms with Gasteiger partial charge in [-0.05, 0) is 11.8 Å². The summed E-state index contributed by atoms with van der Waals surface area (Å²) in [5, 5.41) is 7.43. The molecule has 0 radical (unpaired) electrons. The lowest BCUT2D eigenvalue weighted by atomic mass is 10.2. The normalized spacial score (nSPS) is 17.0. The monoisotopic (exact) mass is 319 g/mol. The molecule has 1 N–H and O–H groups in total. The molecule has 0 spiro atoms. The second-order valence-electron chi connectivity index (χ2n) is 3.59. The Hall–Kier alpha value is -2.41. The largest absolute Gasteiger partial charge is 0.464 e. The summed E-state index contributed by atoms with van der Waals surface area (Å²) >= 11 is 0.144. The zero-order valence-corrected chi connectivity index (χ0v) is 11.0. The van der Waals surface area contributed by atoms with Crippen LogP contribution in [-0.4, -0.2) is 39.1 Å². The molecule has 1 heterocycles. The van der Waals surface area contributed by atoms with Crippen LogP contribution in [-0.2, 0) is 14.3 Å². The fourth-order valence-corrected chi connectivity index (χ4v) is 1.86. The van der Waals surface area contributed by atoms with Crippen molar-refractivity contribution in [1.29, 1.82) is 0 Å². The average Bonchev–Trinajstić information content (AvgIpc) is 2.68. The van der Waals surface area contributed by atoms with E-state index in [0.29, 0.717) is 6.26 Å². The molecule has 0 aromatic heterocycles. The van der Waals surface area contributed by atoms with E-state index in [9.17, 15) is 28.0 Å². The van der Waals surface area contributed by atoms with E-state index < -0.39 is 40.5 Å². The number of hydrogen-bond donors (Lipinski definition) is 1. The summed E-state index contributed by atoms with van der Waals surface area (Å²) in [4.78, 5) is 43.5. The van der Waals surface area contributed by atoms with Crippen molar-refractivity contribution >= 4 is 35.0 Å². The summed E-state index contributed by atoms with van der Waals surface area (Å²) in [7, 11) is 0. The molecule has 0 aromatic carbocycles. The Bertz CT molecular complexity index is 580. The number of carboxylic acid groups (broad SMARTS) is 1. The number of rotatable bonds is 4. The Morgan fingerprint density at radius 1 is 1.48 bits per heavy atom. The first-order valence-corrected chi connectivity index (χ1v) is 6.04. The van der Waals surface area contributed by atoms with Crippen LogP contribution < -0.4 is 0 Å². The van der Waals surface area contributed by atoms with Gasteiger partial charge in [-0.15, -0.1) is 12.3 Å². The van der Waals surface area contributed by atoms with Gasteiger partial charge in [-0.1, -0.05) is 0 Å². The molecule has 7 nitrogen and oxygen atoms in total. The third kappa shape index (κ3) is 3.79. The van der Waals surface area contributed by atoms with Gasteiger partial charge in [-0.2, -0.15) is 13.7 Å². The average molecular weight is 319 g/mol. The molecule has 1 saturated heterocycles. The molecular formula is C11H7F2NO6S. The molecule has 0 bridgehead atoms. The van der Waals surface area contributed by atoms with Crippen LogP contribution in [0.25, 0.3) is 0 Å². The third-order valence-corrected chi connectivity index (χ3v) is 2.99. The molecule has 21 heavy (non-hydrogen) atoms. The highest BCUT2D eigenvalue weighted by Crippen LogP contribution is 2.31. The summed E-state index contributed by atoms with van der Waals surface area (Å²) in [6.45, 7) is 0. The summed E-state index contributed by atoms with van der Waals surface area (Å²) in [5.74, 6) is -5.16. The molecule has 10 heteroatoms. The third-order valence-electron chi connectivity index (χ3n) is 2.14. The minimum absolute atomic E-state index is 0.138. The Morgan fingerprint density at radius 3 is 2.57 bits per heavy atom. The zero-order valence-electron chi connectivity index (χ0n) is 10.2. The number of hydrogen-bond acceptors (Lipinski definition) is 6. The van der Waals surface area contributed by atoms with Crippen LogP contribution in [0.15, 0.2) is 11.2 Å². The van der Waals surface area contributed by atoms with Gasteiger partial charge in [0.1, 0.15) is 11.2 Å². The van der Waals surface area contributed by atoms with E-state index in [1.54, 1.807) is 0 Å². The second kappa shape index (κ2) is 6.36. The van der Waals surface area contributed by atoms with Crippen LogP contribution in [0.3, 0.4) is 0 Å². The lowest BCUT2D eigenvalue weighted by Gasteiger charge is -2.11. The zero-order chi connectivity index (χ0) is 16.2. The number of thioether (sulfide) groups is 1. The van der Waals surface area contributed by atoms with Gasteiger partial charge in [0, 0.05) is 12.8 Å². The van der Waals surface area contributed by atoms with E-state index in [-0.39, 0.29) is 23.1 Å². The number of nitrogens with zero attached hydrogens (tertiary/aromatic N) is 1. The minimum Gasteiger partial charge on any atom is -0.464 e. The number of carbonyl (C=O) groups is 4. The molecule has 0 aliphatic carbocycles. The minimum atomic E-state index is -3.85. The maximum Gasteiger partial charge on any atom is 0.422 e. The number of ether oxygens (including phenoxy) is 1. The van der Waals surface area contributed by atoms with Crippen LogP contribution in [0.4, 0.5) is 18.4 Å². The van der Waals surface area contributed by atoms with Crippen molar-refractivity contribution < 1.29 is 37.8 Å². The molecule has 0 unspecified atom stereocenters. The van der Waals surface area contributed by atoms with Crippen molar-refractivity contribution in [3.8, 4) is 12.3 Å². The van der Waals surface area contributed by atoms with E-state index in [4.69, 9.17) is 11.5 Å². The predicted octanol–water partition coefficient (Wildman–Crippen LogP) is 1.79. The summed E-state index contributed by atoms with van der Waals surface area (Å²) in [5.41, 5.74) is 0. The topological polar surface area (TPSA) is 101 Å². The Morgan fingerprint density at radius 2 is 2.10 bits per heavy atom. The van der Waals surface area contributed by atoms with Crippen molar-refractivity contribution in [1.82, 2.24) is 4.90 Å². The highest BCUT2D eigenvalue weighted by atomic mass is 32.2. The van der Waals surface area contributed by atoms with Crippen LogP contribution in [0.1, 0.15) is 12.8 Å². The number of esters is 1. The van der Waals surface area contributed by atoms with Gasteiger partial charge in [0.05, 0.1) is 0 Å². The van der Waals surface area contributed by atoms with E-state index in [0.717, 1.165) is 0 Å². The van der Waals surface area contributed by atoms with Crippen LogP contribution in [0.2, 0.25) is 0 Å². The highest BCUT2D eigenvalue weighted by Gasteiger charge is 2.42. The molecule has 1 rings (SSSR count). The lowest BCUT2D eigenvalue weighted by Crippen LogP contribution is -2.33. The van der Waals surface area contributed by atoms with Crippen LogP contribution in [0, 0.1) is 12.3 Å². The van der Waals surface area contributed by atoms with Gasteiger partial charge in [0.2, 0.25) is 0 Å². The summed E-state index contributed by atoms with van der Waals surface area (Å²) in [6, 6.07) is 0. The van der Waals surface area contributed by atoms with Crippen molar-refractivity contribution in [2.24, 2.45) is 0 Å². The van der Waals surface area contributed by atoms with Gasteiger partial charge in [-0.3, -0.25) is 9.59 Å². The number of imide groups is 3. The first-order chi connectivity index (χ1) is 9.70. The van der Waals surface area contributed by atoms with Gasteiger partial charge >= 0.3 is 23.2 Å². The van der Waals surface area contributed by atoms with Crippen molar-refractivity contribution in [2.75, 3.05) is 0 Å². The van der Waals surface area contributed by atoms with Gasteiger partial charge in [-0.25, -0.2) is 9.59 Å². The standard InChI is InChI=1S/C11H7F2NO6S/c1-2-3-4-11(12,13)8(16)20-5-6-7(15)14(9(17)18)10(19)21-6/h1,5H,3-4H2,(H,17,18)/b6-5+. The molecule has 1 aliphatic rings. The predicted molar refractivity (Wildman–Crippen MR) is 65.0 cm³/mol. The highest BCUT2D eigenvalue weighted by molar-refractivity contribution is 8.18. The number of halogens is 2. The summed E-state index contributed by atoms with van der Waals surface area (Å²) in [6.07, 6.45) is 1.98.